The average molecular weight is 226 g/mol. The SMILES string of the molecule is CN1CC(c2ccc(F)cc2F)N(C)C1=O. The second-order valence-corrected chi connectivity index (χ2v) is 3.96. The van der Waals surface area contributed by atoms with E-state index in [-0.39, 0.29) is 12.1 Å². The molecule has 0 bridgehead atoms. The maximum absolute atomic E-state index is 13.5. The number of amides is 2. The fourth-order valence-corrected chi connectivity index (χ4v) is 1.94. The lowest BCUT2D eigenvalue weighted by Gasteiger charge is -2.18. The van der Waals surface area contributed by atoms with Crippen molar-refractivity contribution in [3.8, 4) is 0 Å². The lowest BCUT2D eigenvalue weighted by molar-refractivity contribution is 0.201. The summed E-state index contributed by atoms with van der Waals surface area (Å²) in [7, 11) is 3.26. The van der Waals surface area contributed by atoms with E-state index >= 15 is 0 Å². The highest BCUT2D eigenvalue weighted by Crippen LogP contribution is 2.29. The van der Waals surface area contributed by atoms with Gasteiger partial charge in [-0.3, -0.25) is 0 Å². The van der Waals surface area contributed by atoms with Gasteiger partial charge in [-0.2, -0.15) is 0 Å². The molecule has 3 nitrogen and oxygen atoms in total. The molecule has 0 aromatic heterocycles. The molecule has 1 saturated heterocycles. The molecule has 16 heavy (non-hydrogen) atoms. The van der Waals surface area contributed by atoms with Gasteiger partial charge in [0.05, 0.1) is 6.04 Å². The number of halogens is 2. The third-order valence-electron chi connectivity index (χ3n) is 2.86. The zero-order valence-corrected chi connectivity index (χ0v) is 9.08. The van der Waals surface area contributed by atoms with Gasteiger partial charge in [0.25, 0.3) is 0 Å². The van der Waals surface area contributed by atoms with Gasteiger partial charge >= 0.3 is 6.03 Å². The van der Waals surface area contributed by atoms with Gasteiger partial charge in [0.15, 0.2) is 0 Å². The molecule has 0 N–H and O–H groups in total. The van der Waals surface area contributed by atoms with E-state index in [1.54, 1.807) is 14.1 Å². The van der Waals surface area contributed by atoms with Crippen LogP contribution >= 0.6 is 0 Å². The molecule has 1 fully saturated rings. The summed E-state index contributed by atoms with van der Waals surface area (Å²) in [6.07, 6.45) is 0. The summed E-state index contributed by atoms with van der Waals surface area (Å²) in [5.41, 5.74) is 0.349. The van der Waals surface area contributed by atoms with Crippen molar-refractivity contribution in [2.24, 2.45) is 0 Å². The number of urea groups is 1. The molecule has 86 valence electrons. The predicted molar refractivity (Wildman–Crippen MR) is 54.9 cm³/mol. The Balaban J connectivity index is 2.35. The molecule has 1 aromatic rings. The van der Waals surface area contributed by atoms with E-state index < -0.39 is 11.6 Å². The predicted octanol–water partition coefficient (Wildman–Crippen LogP) is 2.00. The van der Waals surface area contributed by atoms with Crippen molar-refractivity contribution < 1.29 is 13.6 Å². The van der Waals surface area contributed by atoms with Gasteiger partial charge in [-0.1, -0.05) is 6.07 Å². The van der Waals surface area contributed by atoms with Crippen LogP contribution in [0.1, 0.15) is 11.6 Å². The molecule has 1 unspecified atom stereocenters. The maximum Gasteiger partial charge on any atom is 0.320 e. The Hall–Kier alpha value is -1.65. The zero-order valence-electron chi connectivity index (χ0n) is 9.08. The summed E-state index contributed by atoms with van der Waals surface area (Å²) in [6.45, 7) is 0.415. The third-order valence-corrected chi connectivity index (χ3v) is 2.86. The van der Waals surface area contributed by atoms with Crippen LogP contribution in [0.2, 0.25) is 0 Å². The lowest BCUT2D eigenvalue weighted by Crippen LogP contribution is -2.26. The first-order valence-corrected chi connectivity index (χ1v) is 4.93. The minimum absolute atomic E-state index is 0.159. The Kier molecular flexibility index (Phi) is 2.53. The van der Waals surface area contributed by atoms with Crippen molar-refractivity contribution in [2.45, 2.75) is 6.04 Å². The Bertz CT molecular complexity index is 436. The number of likely N-dealkylation sites (N-methyl/N-ethyl adjacent to an activating group) is 2. The van der Waals surface area contributed by atoms with Gasteiger partial charge in [-0.25, -0.2) is 13.6 Å². The standard InChI is InChI=1S/C11H12F2N2O/c1-14-6-10(15(2)11(14)16)8-4-3-7(12)5-9(8)13/h3-5,10H,6H2,1-2H3. The molecule has 0 aliphatic carbocycles. The normalized spacial score (nSPS) is 20.8. The molecule has 0 spiro atoms. The largest absolute Gasteiger partial charge is 0.325 e. The minimum atomic E-state index is -0.611. The Labute approximate surface area is 92.3 Å². The van der Waals surface area contributed by atoms with E-state index in [1.807, 2.05) is 0 Å². The van der Waals surface area contributed by atoms with Crippen LogP contribution in [0.25, 0.3) is 0 Å². The quantitative estimate of drug-likeness (QED) is 0.718. The van der Waals surface area contributed by atoms with Crippen molar-refractivity contribution in [3.63, 3.8) is 0 Å². The van der Waals surface area contributed by atoms with Crippen LogP contribution in [0.15, 0.2) is 18.2 Å². The number of carbonyl (C=O) groups excluding carboxylic acids is 1. The summed E-state index contributed by atoms with van der Waals surface area (Å²) in [6, 6.07) is 2.92. The minimum Gasteiger partial charge on any atom is -0.325 e. The molecule has 1 aliphatic rings. The number of rotatable bonds is 1. The molecule has 1 aromatic carbocycles. The van der Waals surface area contributed by atoms with E-state index in [0.29, 0.717) is 12.1 Å². The van der Waals surface area contributed by atoms with Gasteiger partial charge < -0.3 is 9.80 Å². The molecule has 2 amide bonds. The van der Waals surface area contributed by atoms with Crippen molar-refractivity contribution >= 4 is 6.03 Å². The summed E-state index contributed by atoms with van der Waals surface area (Å²) >= 11 is 0. The molecule has 1 aliphatic heterocycles. The third kappa shape index (κ3) is 1.62. The Morgan fingerprint density at radius 1 is 1.31 bits per heavy atom. The van der Waals surface area contributed by atoms with E-state index in [0.717, 1.165) is 6.07 Å². The van der Waals surface area contributed by atoms with Gasteiger partial charge in [0, 0.05) is 32.3 Å². The number of hydrogen-bond donors (Lipinski definition) is 0. The summed E-state index contributed by atoms with van der Waals surface area (Å²) in [5, 5.41) is 0. The first-order valence-electron chi connectivity index (χ1n) is 4.93. The van der Waals surface area contributed by atoms with E-state index in [2.05, 4.69) is 0 Å². The number of benzene rings is 1. The Morgan fingerprint density at radius 2 is 2.00 bits per heavy atom. The molecule has 2 rings (SSSR count). The van der Waals surface area contributed by atoms with Crippen LogP contribution in [0.3, 0.4) is 0 Å². The van der Waals surface area contributed by atoms with E-state index in [4.69, 9.17) is 0 Å². The maximum atomic E-state index is 13.5. The van der Waals surface area contributed by atoms with Gasteiger partial charge in [0.1, 0.15) is 11.6 Å². The van der Waals surface area contributed by atoms with Crippen molar-refractivity contribution in [2.75, 3.05) is 20.6 Å². The highest BCUT2D eigenvalue weighted by molar-refractivity contribution is 5.76. The molecule has 1 atom stereocenters. The number of nitrogens with zero attached hydrogens (tertiary/aromatic N) is 2. The van der Waals surface area contributed by atoms with Crippen LogP contribution in [0, 0.1) is 11.6 Å². The first-order chi connectivity index (χ1) is 7.50. The molecule has 0 radical (unpaired) electrons. The monoisotopic (exact) mass is 226 g/mol. The zero-order chi connectivity index (χ0) is 11.9. The van der Waals surface area contributed by atoms with Crippen LogP contribution < -0.4 is 0 Å². The average Bonchev–Trinajstić information content (AvgIpc) is 2.46. The molecule has 5 heteroatoms. The topological polar surface area (TPSA) is 23.6 Å². The van der Waals surface area contributed by atoms with Crippen molar-refractivity contribution in [3.05, 3.63) is 35.4 Å². The van der Waals surface area contributed by atoms with Crippen LogP contribution in [-0.2, 0) is 0 Å². The number of carbonyl (C=O) groups is 1. The highest BCUT2D eigenvalue weighted by Gasteiger charge is 2.34. The highest BCUT2D eigenvalue weighted by atomic mass is 19.1. The fourth-order valence-electron chi connectivity index (χ4n) is 1.94. The van der Waals surface area contributed by atoms with Gasteiger partial charge in [-0.15, -0.1) is 0 Å². The van der Waals surface area contributed by atoms with Gasteiger partial charge in [-0.05, 0) is 6.07 Å². The fraction of sp³-hybridized carbons (Fsp3) is 0.364. The van der Waals surface area contributed by atoms with Crippen LogP contribution in [0.5, 0.6) is 0 Å². The van der Waals surface area contributed by atoms with Crippen molar-refractivity contribution in [1.29, 1.82) is 0 Å². The van der Waals surface area contributed by atoms with Crippen molar-refractivity contribution in [1.82, 2.24) is 9.80 Å². The number of hydrogen-bond acceptors (Lipinski definition) is 1. The van der Waals surface area contributed by atoms with Gasteiger partial charge in [0.2, 0.25) is 0 Å². The summed E-state index contributed by atoms with van der Waals surface area (Å²) < 4.78 is 26.3. The molecule has 1 heterocycles. The van der Waals surface area contributed by atoms with Crippen LogP contribution in [0.4, 0.5) is 13.6 Å². The first kappa shape index (κ1) is 10.9. The van der Waals surface area contributed by atoms with E-state index in [9.17, 15) is 13.6 Å². The second kappa shape index (κ2) is 3.73. The molecular weight excluding hydrogens is 214 g/mol. The summed E-state index contributed by atoms with van der Waals surface area (Å²) in [4.78, 5) is 14.5. The van der Waals surface area contributed by atoms with Crippen LogP contribution in [-0.4, -0.2) is 36.5 Å². The second-order valence-electron chi connectivity index (χ2n) is 3.96. The van der Waals surface area contributed by atoms with E-state index in [1.165, 1.54) is 21.9 Å². The smallest absolute Gasteiger partial charge is 0.320 e. The Morgan fingerprint density at radius 3 is 2.50 bits per heavy atom. The molecule has 0 saturated carbocycles. The lowest BCUT2D eigenvalue weighted by atomic mass is 10.1. The molecular formula is C11H12F2N2O. The summed E-state index contributed by atoms with van der Waals surface area (Å²) in [5.74, 6) is -1.22.